The summed E-state index contributed by atoms with van der Waals surface area (Å²) in [6.07, 6.45) is 0.929. The van der Waals surface area contributed by atoms with Crippen LogP contribution in [0, 0.1) is 13.8 Å². The van der Waals surface area contributed by atoms with Crippen molar-refractivity contribution < 1.29 is 14.3 Å². The summed E-state index contributed by atoms with van der Waals surface area (Å²) < 4.78 is 5.54. The van der Waals surface area contributed by atoms with Crippen molar-refractivity contribution in [1.29, 1.82) is 0 Å². The normalized spacial score (nSPS) is 13.6. The van der Waals surface area contributed by atoms with Gasteiger partial charge < -0.3 is 10.1 Å². The van der Waals surface area contributed by atoms with Crippen LogP contribution in [0.25, 0.3) is 5.57 Å². The third-order valence-corrected chi connectivity index (χ3v) is 5.76. The molecule has 33 heavy (non-hydrogen) atoms. The average Bonchev–Trinajstić information content (AvgIpc) is 3.05. The summed E-state index contributed by atoms with van der Waals surface area (Å²) >= 11 is 0. The molecule has 0 unspecified atom stereocenters. The molecule has 0 spiro atoms. The van der Waals surface area contributed by atoms with Crippen molar-refractivity contribution in [3.8, 4) is 5.75 Å². The Kier molecular flexibility index (Phi) is 6.31. The molecule has 1 N–H and O–H groups in total. The van der Waals surface area contributed by atoms with E-state index in [2.05, 4.69) is 12.2 Å². The predicted molar refractivity (Wildman–Crippen MR) is 132 cm³/mol. The van der Waals surface area contributed by atoms with Gasteiger partial charge in [0.05, 0.1) is 17.9 Å². The Labute approximate surface area is 194 Å². The van der Waals surface area contributed by atoms with E-state index >= 15 is 0 Å². The van der Waals surface area contributed by atoms with Gasteiger partial charge in [0, 0.05) is 5.69 Å². The highest BCUT2D eigenvalue weighted by Crippen LogP contribution is 2.35. The molecule has 5 heteroatoms. The molecule has 0 saturated carbocycles. The Morgan fingerprint density at radius 3 is 2.15 bits per heavy atom. The van der Waals surface area contributed by atoms with Crippen molar-refractivity contribution in [3.05, 3.63) is 94.7 Å². The van der Waals surface area contributed by atoms with Gasteiger partial charge in [-0.2, -0.15) is 0 Å². The second kappa shape index (κ2) is 9.33. The average molecular weight is 441 g/mol. The van der Waals surface area contributed by atoms with E-state index in [9.17, 15) is 9.59 Å². The van der Waals surface area contributed by atoms with Crippen LogP contribution in [0.2, 0.25) is 0 Å². The van der Waals surface area contributed by atoms with Crippen molar-refractivity contribution >= 4 is 28.8 Å². The molecular weight excluding hydrogens is 412 g/mol. The second-order valence-corrected chi connectivity index (χ2v) is 8.12. The largest absolute Gasteiger partial charge is 0.494 e. The number of imide groups is 1. The maximum absolute atomic E-state index is 13.6. The summed E-state index contributed by atoms with van der Waals surface area (Å²) in [7, 11) is 0. The van der Waals surface area contributed by atoms with E-state index < -0.39 is 0 Å². The molecule has 1 aliphatic heterocycles. The molecule has 2 amide bonds. The molecular formula is C28H28N2O3. The SMILES string of the molecule is CCOc1ccc(C2=C(Nc3ccc(CC)cc3)C(=O)N(c3ccc(C)cc3C)C2=O)cc1. The van der Waals surface area contributed by atoms with Gasteiger partial charge in [-0.3, -0.25) is 9.59 Å². The number of amides is 2. The molecule has 3 aromatic carbocycles. The first kappa shape index (κ1) is 22.3. The fraction of sp³-hybridized carbons (Fsp3) is 0.214. The van der Waals surface area contributed by atoms with Crippen molar-refractivity contribution in [2.75, 3.05) is 16.8 Å². The van der Waals surface area contributed by atoms with Gasteiger partial charge in [0.1, 0.15) is 11.4 Å². The number of anilines is 2. The molecule has 168 valence electrons. The number of nitrogens with one attached hydrogen (secondary N) is 1. The maximum atomic E-state index is 13.6. The number of hydrogen-bond acceptors (Lipinski definition) is 4. The minimum absolute atomic E-state index is 0.272. The zero-order valence-corrected chi connectivity index (χ0v) is 19.4. The lowest BCUT2D eigenvalue weighted by Gasteiger charge is -2.18. The van der Waals surface area contributed by atoms with Crippen LogP contribution in [0.4, 0.5) is 11.4 Å². The van der Waals surface area contributed by atoms with Gasteiger partial charge in [0.15, 0.2) is 0 Å². The third kappa shape index (κ3) is 4.40. The summed E-state index contributed by atoms with van der Waals surface area (Å²) in [5.74, 6) is 0.00807. The van der Waals surface area contributed by atoms with Crippen molar-refractivity contribution in [2.45, 2.75) is 34.1 Å². The number of rotatable bonds is 7. The molecule has 0 atom stereocenters. The van der Waals surface area contributed by atoms with Crippen LogP contribution in [0.15, 0.2) is 72.4 Å². The molecule has 0 aliphatic carbocycles. The van der Waals surface area contributed by atoms with E-state index in [1.165, 1.54) is 10.5 Å². The number of benzene rings is 3. The topological polar surface area (TPSA) is 58.6 Å². The minimum Gasteiger partial charge on any atom is -0.494 e. The van der Waals surface area contributed by atoms with Crippen molar-refractivity contribution in [3.63, 3.8) is 0 Å². The molecule has 0 bridgehead atoms. The first-order chi connectivity index (χ1) is 15.9. The summed E-state index contributed by atoms with van der Waals surface area (Å²) in [5.41, 5.74) is 5.78. The van der Waals surface area contributed by atoms with Gasteiger partial charge in [-0.05, 0) is 74.2 Å². The number of nitrogens with zero attached hydrogens (tertiary/aromatic N) is 1. The van der Waals surface area contributed by atoms with E-state index in [0.717, 1.165) is 29.0 Å². The Hall–Kier alpha value is -3.86. The van der Waals surface area contributed by atoms with Crippen LogP contribution in [0.3, 0.4) is 0 Å². The molecule has 4 rings (SSSR count). The van der Waals surface area contributed by atoms with Crippen molar-refractivity contribution in [2.24, 2.45) is 0 Å². The van der Waals surface area contributed by atoms with Crippen LogP contribution in [-0.4, -0.2) is 18.4 Å². The molecule has 0 aromatic heterocycles. The lowest BCUT2D eigenvalue weighted by molar-refractivity contribution is -0.120. The molecule has 5 nitrogen and oxygen atoms in total. The zero-order valence-electron chi connectivity index (χ0n) is 19.4. The van der Waals surface area contributed by atoms with Crippen LogP contribution in [0.5, 0.6) is 5.75 Å². The van der Waals surface area contributed by atoms with E-state index in [0.29, 0.717) is 23.4 Å². The first-order valence-corrected chi connectivity index (χ1v) is 11.2. The Bertz CT molecular complexity index is 1230. The fourth-order valence-corrected chi connectivity index (χ4v) is 4.04. The molecule has 1 heterocycles. The second-order valence-electron chi connectivity index (χ2n) is 8.12. The van der Waals surface area contributed by atoms with Crippen LogP contribution >= 0.6 is 0 Å². The Morgan fingerprint density at radius 1 is 0.848 bits per heavy atom. The summed E-state index contributed by atoms with van der Waals surface area (Å²) in [4.78, 5) is 28.5. The number of hydrogen-bond donors (Lipinski definition) is 1. The van der Waals surface area contributed by atoms with Gasteiger partial charge in [-0.25, -0.2) is 4.90 Å². The number of ether oxygens (including phenoxy) is 1. The lowest BCUT2D eigenvalue weighted by Crippen LogP contribution is -2.33. The monoisotopic (exact) mass is 440 g/mol. The number of carbonyl (C=O) groups excluding carboxylic acids is 2. The zero-order chi connectivity index (χ0) is 23.5. The molecule has 0 saturated heterocycles. The highest BCUT2D eigenvalue weighted by molar-refractivity contribution is 6.46. The number of carbonyl (C=O) groups is 2. The van der Waals surface area contributed by atoms with E-state index in [1.807, 2.05) is 87.5 Å². The molecule has 3 aromatic rings. The van der Waals surface area contributed by atoms with E-state index in [4.69, 9.17) is 4.74 Å². The van der Waals surface area contributed by atoms with E-state index in [1.54, 1.807) is 0 Å². The smallest absolute Gasteiger partial charge is 0.282 e. The van der Waals surface area contributed by atoms with Gasteiger partial charge in [-0.15, -0.1) is 0 Å². The lowest BCUT2D eigenvalue weighted by atomic mass is 10.0. The highest BCUT2D eigenvalue weighted by Gasteiger charge is 2.40. The first-order valence-electron chi connectivity index (χ1n) is 11.2. The van der Waals surface area contributed by atoms with Gasteiger partial charge in [0.2, 0.25) is 0 Å². The van der Waals surface area contributed by atoms with Crippen LogP contribution in [0.1, 0.15) is 36.1 Å². The standard InChI is InChI=1S/C28H28N2O3/c1-5-20-8-12-22(13-9-20)29-26-25(21-10-14-23(15-11-21)33-6-2)27(31)30(28(26)32)24-16-7-18(3)17-19(24)4/h7-17,29H,5-6H2,1-4H3. The number of aryl methyl sites for hydroxylation is 3. The van der Waals surface area contributed by atoms with Gasteiger partial charge in [-0.1, -0.05) is 48.9 Å². The van der Waals surface area contributed by atoms with Gasteiger partial charge in [0.25, 0.3) is 11.8 Å². The maximum Gasteiger partial charge on any atom is 0.282 e. The highest BCUT2D eigenvalue weighted by atomic mass is 16.5. The van der Waals surface area contributed by atoms with Crippen molar-refractivity contribution in [1.82, 2.24) is 0 Å². The Morgan fingerprint density at radius 2 is 1.55 bits per heavy atom. The summed E-state index contributed by atoms with van der Waals surface area (Å²) in [6, 6.07) is 20.9. The molecule has 1 aliphatic rings. The minimum atomic E-state index is -0.365. The van der Waals surface area contributed by atoms with Crippen LogP contribution < -0.4 is 15.0 Å². The molecule has 0 fully saturated rings. The van der Waals surface area contributed by atoms with E-state index in [-0.39, 0.29) is 17.5 Å². The van der Waals surface area contributed by atoms with Gasteiger partial charge >= 0.3 is 0 Å². The Balaban J connectivity index is 1.79. The third-order valence-electron chi connectivity index (χ3n) is 5.76. The fourth-order valence-electron chi connectivity index (χ4n) is 4.04. The summed E-state index contributed by atoms with van der Waals surface area (Å²) in [5, 5.41) is 3.23. The predicted octanol–water partition coefficient (Wildman–Crippen LogP) is 5.66. The van der Waals surface area contributed by atoms with Crippen LogP contribution in [-0.2, 0) is 16.0 Å². The quantitative estimate of drug-likeness (QED) is 0.482. The molecule has 0 radical (unpaired) electrons. The summed E-state index contributed by atoms with van der Waals surface area (Å²) in [6.45, 7) is 8.47.